The Balaban J connectivity index is -0.0000000133. The van der Waals surface area contributed by atoms with Gasteiger partial charge in [0.15, 0.2) is 0 Å². The highest BCUT2D eigenvalue weighted by molar-refractivity contribution is 5.75. The summed E-state index contributed by atoms with van der Waals surface area (Å²) < 4.78 is 0. The summed E-state index contributed by atoms with van der Waals surface area (Å²) in [4.78, 5) is 0. The normalized spacial score (nSPS) is 4.67. The lowest BCUT2D eigenvalue weighted by molar-refractivity contribution is 0.287. The van der Waals surface area contributed by atoms with Crippen molar-refractivity contribution in [1.82, 2.24) is 0 Å². The largest absolute Gasteiger partial charge is 0.396 e. The molecule has 0 bridgehead atoms. The van der Waals surface area contributed by atoms with Gasteiger partial charge in [-0.2, -0.15) is 0 Å². The Labute approximate surface area is 55.1 Å². The molecular formula is C4H13BF3O. The first-order valence-corrected chi connectivity index (χ1v) is 2.02. The molecule has 0 heterocycles. The number of aliphatic hydroxyl groups is 1. The van der Waals surface area contributed by atoms with Crippen molar-refractivity contribution in [2.45, 2.75) is 19.8 Å². The Kier molecular flexibility index (Phi) is 188. The number of unbranched alkanes of at least 4 members (excludes halogenated alkanes) is 1. The molecule has 0 atom stereocenters. The van der Waals surface area contributed by atoms with Crippen LogP contribution < -0.4 is 0 Å². The van der Waals surface area contributed by atoms with Crippen LogP contribution >= 0.6 is 0 Å². The smallest absolute Gasteiger partial charge is 0.0430 e. The summed E-state index contributed by atoms with van der Waals surface area (Å²) >= 11 is 0. The lowest BCUT2D eigenvalue weighted by Gasteiger charge is -1.79. The maximum absolute atomic E-state index is 8.07. The highest BCUT2D eigenvalue weighted by Gasteiger charge is 1.69. The Morgan fingerprint density at radius 2 is 1.44 bits per heavy atom. The van der Waals surface area contributed by atoms with E-state index in [1.165, 1.54) is 0 Å². The zero-order chi connectivity index (χ0) is 4.12. The van der Waals surface area contributed by atoms with E-state index in [4.69, 9.17) is 5.11 Å². The van der Waals surface area contributed by atoms with Crippen LogP contribution in [0.5, 0.6) is 0 Å². The van der Waals surface area contributed by atoms with Crippen LogP contribution in [-0.2, 0) is 0 Å². The molecule has 1 nitrogen and oxygen atoms in total. The van der Waals surface area contributed by atoms with Gasteiger partial charge in [0, 0.05) is 15.0 Å². The molecule has 3 radical (unpaired) electrons. The van der Waals surface area contributed by atoms with Gasteiger partial charge in [0.1, 0.15) is 0 Å². The highest BCUT2D eigenvalue weighted by atomic mass is 19.0. The predicted octanol–water partition coefficient (Wildman–Crippen LogP) is 0.855. The minimum atomic E-state index is 0. The molecule has 0 aliphatic carbocycles. The summed E-state index contributed by atoms with van der Waals surface area (Å²) in [5.41, 5.74) is 0. The molecule has 0 aliphatic rings. The van der Waals surface area contributed by atoms with Crippen LogP contribution in [0.4, 0.5) is 14.1 Å². The first kappa shape index (κ1) is 37.0. The van der Waals surface area contributed by atoms with Crippen LogP contribution in [0.2, 0.25) is 0 Å². The Morgan fingerprint density at radius 3 is 1.44 bits per heavy atom. The second kappa shape index (κ2) is 45.8. The van der Waals surface area contributed by atoms with Crippen molar-refractivity contribution in [3.63, 3.8) is 0 Å². The summed E-state index contributed by atoms with van der Waals surface area (Å²) in [5, 5.41) is 8.07. The van der Waals surface area contributed by atoms with Gasteiger partial charge in [0.2, 0.25) is 0 Å². The molecule has 0 saturated heterocycles. The van der Waals surface area contributed by atoms with Gasteiger partial charge in [-0.25, -0.2) is 0 Å². The van der Waals surface area contributed by atoms with Gasteiger partial charge in [0.25, 0.3) is 0 Å². The van der Waals surface area contributed by atoms with E-state index in [-0.39, 0.29) is 22.5 Å². The monoisotopic (exact) mass is 145 g/mol. The van der Waals surface area contributed by atoms with Crippen molar-refractivity contribution >= 4 is 8.41 Å². The summed E-state index contributed by atoms with van der Waals surface area (Å²) in [6, 6.07) is 0. The molecule has 1 N–H and O–H groups in total. The van der Waals surface area contributed by atoms with Gasteiger partial charge in [-0.1, -0.05) is 13.3 Å². The average molecular weight is 145 g/mol. The van der Waals surface area contributed by atoms with Crippen molar-refractivity contribution in [3.8, 4) is 0 Å². The number of hydrogen-bond donors (Lipinski definition) is 1. The van der Waals surface area contributed by atoms with E-state index in [9.17, 15) is 0 Å². The predicted molar refractivity (Wildman–Crippen MR) is 35.3 cm³/mol. The van der Waals surface area contributed by atoms with Crippen LogP contribution in [0.25, 0.3) is 0 Å². The van der Waals surface area contributed by atoms with E-state index < -0.39 is 0 Å². The molecule has 0 unspecified atom stereocenters. The van der Waals surface area contributed by atoms with Crippen LogP contribution in [0.1, 0.15) is 19.8 Å². The molecule has 0 amide bonds. The minimum absolute atomic E-state index is 0. The minimum Gasteiger partial charge on any atom is -0.396 e. The van der Waals surface area contributed by atoms with Gasteiger partial charge in [0.05, 0.1) is 0 Å². The number of aliphatic hydroxyl groups excluding tert-OH is 1. The molecular weight excluding hydrogens is 132 g/mol. The molecule has 9 heavy (non-hydrogen) atoms. The molecule has 5 heteroatoms. The number of hydrogen-bond acceptors (Lipinski definition) is 1. The van der Waals surface area contributed by atoms with Crippen molar-refractivity contribution in [1.29, 1.82) is 0 Å². The lowest BCUT2D eigenvalue weighted by Crippen LogP contribution is -1.75. The summed E-state index contributed by atoms with van der Waals surface area (Å²) in [6.07, 6.45) is 2.04. The third kappa shape index (κ3) is 80.2. The molecule has 59 valence electrons. The lowest BCUT2D eigenvalue weighted by atomic mass is 10.4. The van der Waals surface area contributed by atoms with E-state index in [0.717, 1.165) is 12.8 Å². The van der Waals surface area contributed by atoms with Crippen LogP contribution in [-0.4, -0.2) is 20.1 Å². The molecule has 0 rings (SSSR count). The molecule has 0 fully saturated rings. The molecule has 0 aromatic carbocycles. The molecule has 0 saturated carbocycles. The molecule has 0 spiro atoms. The fourth-order valence-electron chi connectivity index (χ4n) is 0.158. The highest BCUT2D eigenvalue weighted by Crippen LogP contribution is 1.78. The van der Waals surface area contributed by atoms with E-state index in [1.54, 1.807) is 0 Å². The Hall–Kier alpha value is -0.185. The number of rotatable bonds is 2. The second-order valence-electron chi connectivity index (χ2n) is 1.08. The average Bonchev–Trinajstić information content (AvgIpc) is 1.41. The zero-order valence-corrected chi connectivity index (χ0v) is 5.37. The quantitative estimate of drug-likeness (QED) is 0.571. The maximum atomic E-state index is 8.07. The van der Waals surface area contributed by atoms with Crippen molar-refractivity contribution in [2.24, 2.45) is 0 Å². The van der Waals surface area contributed by atoms with Gasteiger partial charge in [-0.3, -0.25) is 14.1 Å². The SMILES string of the molecule is CCCCO.F.F.F.[B]. The summed E-state index contributed by atoms with van der Waals surface area (Å²) in [7, 11) is 0. The first-order chi connectivity index (χ1) is 2.41. The standard InChI is InChI=1S/C4H10O.B.3FH/c1-2-3-4-5;;;;/h5H,2-4H2,1H3;;3*1H. The second-order valence-corrected chi connectivity index (χ2v) is 1.08. The fourth-order valence-corrected chi connectivity index (χ4v) is 0.158. The topological polar surface area (TPSA) is 20.2 Å². The third-order valence-corrected chi connectivity index (χ3v) is 0.512. The maximum Gasteiger partial charge on any atom is 0.0430 e. The van der Waals surface area contributed by atoms with Crippen LogP contribution in [0.3, 0.4) is 0 Å². The van der Waals surface area contributed by atoms with Crippen molar-refractivity contribution in [2.75, 3.05) is 6.61 Å². The van der Waals surface area contributed by atoms with E-state index in [1.807, 2.05) is 0 Å². The van der Waals surface area contributed by atoms with Gasteiger partial charge < -0.3 is 5.11 Å². The summed E-state index contributed by atoms with van der Waals surface area (Å²) in [6.45, 7) is 2.40. The van der Waals surface area contributed by atoms with Crippen molar-refractivity contribution < 1.29 is 19.2 Å². The van der Waals surface area contributed by atoms with E-state index in [2.05, 4.69) is 6.92 Å². The molecule has 0 aromatic rings. The van der Waals surface area contributed by atoms with Crippen LogP contribution in [0, 0.1) is 0 Å². The first-order valence-electron chi connectivity index (χ1n) is 2.02. The van der Waals surface area contributed by atoms with Crippen molar-refractivity contribution in [3.05, 3.63) is 0 Å². The summed E-state index contributed by atoms with van der Waals surface area (Å²) in [5.74, 6) is 0. The van der Waals surface area contributed by atoms with Gasteiger partial charge in [-0.15, -0.1) is 0 Å². The van der Waals surface area contributed by atoms with E-state index in [0.29, 0.717) is 6.61 Å². The Morgan fingerprint density at radius 1 is 1.11 bits per heavy atom. The zero-order valence-electron chi connectivity index (χ0n) is 5.37. The van der Waals surface area contributed by atoms with Crippen LogP contribution in [0.15, 0.2) is 0 Å². The van der Waals surface area contributed by atoms with E-state index >= 15 is 0 Å². The third-order valence-electron chi connectivity index (χ3n) is 0.512. The Bertz CT molecular complexity index is 23.3. The molecule has 0 aromatic heterocycles. The fraction of sp³-hybridized carbons (Fsp3) is 1.00. The van der Waals surface area contributed by atoms with Gasteiger partial charge in [-0.05, 0) is 6.42 Å². The van der Waals surface area contributed by atoms with Gasteiger partial charge >= 0.3 is 0 Å². The molecule has 0 aliphatic heterocycles. The number of halogens is 3.